The van der Waals surface area contributed by atoms with Crippen molar-refractivity contribution in [3.8, 4) is 17.0 Å². The number of anilines is 2. The van der Waals surface area contributed by atoms with Crippen molar-refractivity contribution in [2.24, 2.45) is 0 Å². The van der Waals surface area contributed by atoms with Gasteiger partial charge in [0, 0.05) is 10.9 Å². The van der Waals surface area contributed by atoms with E-state index in [4.69, 9.17) is 10.5 Å². The van der Waals surface area contributed by atoms with Gasteiger partial charge in [-0.1, -0.05) is 0 Å². The summed E-state index contributed by atoms with van der Waals surface area (Å²) in [6.07, 6.45) is 1.19. The molecule has 1 aromatic heterocycles. The van der Waals surface area contributed by atoms with Gasteiger partial charge in [-0.25, -0.2) is 13.4 Å². The first-order valence-electron chi connectivity index (χ1n) is 5.91. The van der Waals surface area contributed by atoms with Crippen molar-refractivity contribution in [2.45, 2.75) is 0 Å². The zero-order valence-corrected chi connectivity index (χ0v) is 12.4. The molecule has 3 rings (SSSR count). The number of nitrogens with zero attached hydrogens (tertiary/aromatic N) is 2. The minimum atomic E-state index is -3.32. The summed E-state index contributed by atoms with van der Waals surface area (Å²) in [7, 11) is -3.32. The van der Waals surface area contributed by atoms with Gasteiger partial charge >= 0.3 is 0 Å². The summed E-state index contributed by atoms with van der Waals surface area (Å²) in [5.74, 6) is 0.564. The van der Waals surface area contributed by atoms with Crippen LogP contribution in [0.1, 0.15) is 0 Å². The molecule has 0 amide bonds. The van der Waals surface area contributed by atoms with Gasteiger partial charge in [0.05, 0.1) is 24.2 Å². The van der Waals surface area contributed by atoms with E-state index in [-0.39, 0.29) is 0 Å². The number of sulfonamides is 1. The van der Waals surface area contributed by atoms with E-state index in [0.29, 0.717) is 29.7 Å². The maximum absolute atomic E-state index is 11.8. The van der Waals surface area contributed by atoms with Gasteiger partial charge in [-0.05, 0) is 18.2 Å². The highest BCUT2D eigenvalue weighted by Gasteiger charge is 2.25. The summed E-state index contributed by atoms with van der Waals surface area (Å²) in [5, 5.41) is 2.32. The topological polar surface area (TPSA) is 85.5 Å². The van der Waals surface area contributed by atoms with Crippen LogP contribution in [0.5, 0.6) is 5.75 Å². The molecule has 0 aliphatic carbocycles. The van der Waals surface area contributed by atoms with Crippen LogP contribution in [-0.2, 0) is 10.0 Å². The van der Waals surface area contributed by atoms with E-state index in [9.17, 15) is 8.42 Å². The monoisotopic (exact) mass is 311 g/mol. The Labute approximate surface area is 120 Å². The minimum absolute atomic E-state index is 0.314. The highest BCUT2D eigenvalue weighted by atomic mass is 32.2. The number of fused-ring (bicyclic) bond motifs is 1. The molecule has 6 nitrogen and oxygen atoms in total. The summed E-state index contributed by atoms with van der Waals surface area (Å²) in [6.45, 7) is 0.664. The van der Waals surface area contributed by atoms with E-state index in [1.165, 1.54) is 21.9 Å². The van der Waals surface area contributed by atoms with Crippen LogP contribution in [0.25, 0.3) is 11.3 Å². The molecule has 0 spiro atoms. The first-order chi connectivity index (χ1) is 9.45. The van der Waals surface area contributed by atoms with Crippen LogP contribution in [0.2, 0.25) is 0 Å². The van der Waals surface area contributed by atoms with Gasteiger partial charge in [0.15, 0.2) is 5.13 Å². The zero-order chi connectivity index (χ0) is 14.3. The Morgan fingerprint density at radius 2 is 2.25 bits per heavy atom. The quantitative estimate of drug-likeness (QED) is 0.909. The molecular formula is C12H13N3O3S2. The molecule has 0 saturated heterocycles. The Morgan fingerprint density at radius 3 is 2.90 bits per heavy atom. The summed E-state index contributed by atoms with van der Waals surface area (Å²) >= 11 is 1.35. The maximum Gasteiger partial charge on any atom is 0.232 e. The van der Waals surface area contributed by atoms with Gasteiger partial charge < -0.3 is 10.5 Å². The molecule has 106 valence electrons. The number of rotatable bonds is 2. The molecule has 1 aromatic carbocycles. The number of hydrogen-bond donors (Lipinski definition) is 1. The zero-order valence-electron chi connectivity index (χ0n) is 10.7. The molecule has 1 aliphatic heterocycles. The second-order valence-electron chi connectivity index (χ2n) is 4.44. The molecule has 2 heterocycles. The lowest BCUT2D eigenvalue weighted by Gasteiger charge is -2.29. The number of nitrogen functional groups attached to an aromatic ring is 1. The molecule has 2 N–H and O–H groups in total. The van der Waals surface area contributed by atoms with Crippen molar-refractivity contribution < 1.29 is 13.2 Å². The van der Waals surface area contributed by atoms with Crippen molar-refractivity contribution in [1.82, 2.24) is 4.98 Å². The second-order valence-corrected chi connectivity index (χ2v) is 7.23. The fraction of sp³-hybridized carbons (Fsp3) is 0.250. The summed E-state index contributed by atoms with van der Waals surface area (Å²) in [6, 6.07) is 5.38. The molecule has 0 fully saturated rings. The van der Waals surface area contributed by atoms with Crippen LogP contribution in [-0.4, -0.2) is 32.8 Å². The Morgan fingerprint density at radius 1 is 1.45 bits per heavy atom. The molecule has 0 saturated carbocycles. The van der Waals surface area contributed by atoms with Crippen LogP contribution in [0, 0.1) is 0 Å². The molecule has 0 atom stereocenters. The minimum Gasteiger partial charge on any atom is -0.489 e. The standard InChI is InChI=1S/C12H13N3O3S2/c1-20(16,17)15-4-5-18-11-3-2-8(6-10(11)15)9-7-19-12(13)14-9/h2-3,6-7H,4-5H2,1H3,(H2,13,14). The van der Waals surface area contributed by atoms with Gasteiger partial charge in [0.25, 0.3) is 0 Å². The molecule has 0 bridgehead atoms. The number of ether oxygens (including phenoxy) is 1. The normalized spacial score (nSPS) is 14.8. The van der Waals surface area contributed by atoms with Crippen LogP contribution < -0.4 is 14.8 Å². The predicted octanol–water partition coefficient (Wildman–Crippen LogP) is 1.55. The average Bonchev–Trinajstić information content (AvgIpc) is 2.83. The molecule has 0 unspecified atom stereocenters. The first kappa shape index (κ1) is 13.2. The van der Waals surface area contributed by atoms with Crippen LogP contribution in [0.3, 0.4) is 0 Å². The lowest BCUT2D eigenvalue weighted by molar-refractivity contribution is 0.316. The van der Waals surface area contributed by atoms with Crippen LogP contribution in [0.4, 0.5) is 10.8 Å². The maximum atomic E-state index is 11.8. The Bertz CT molecular complexity index is 755. The molecule has 2 aromatic rings. The van der Waals surface area contributed by atoms with Gasteiger partial charge in [0.1, 0.15) is 12.4 Å². The summed E-state index contributed by atoms with van der Waals surface area (Å²) < 4.78 is 30.5. The molecule has 8 heteroatoms. The van der Waals surface area contributed by atoms with E-state index in [0.717, 1.165) is 11.3 Å². The number of aromatic nitrogens is 1. The van der Waals surface area contributed by atoms with Crippen molar-refractivity contribution >= 4 is 32.2 Å². The Balaban J connectivity index is 2.11. The van der Waals surface area contributed by atoms with E-state index < -0.39 is 10.0 Å². The third kappa shape index (κ3) is 2.32. The fourth-order valence-electron chi connectivity index (χ4n) is 2.12. The molecule has 1 aliphatic rings. The van der Waals surface area contributed by atoms with Crippen molar-refractivity contribution in [2.75, 3.05) is 29.4 Å². The fourth-order valence-corrected chi connectivity index (χ4v) is 3.60. The highest BCUT2D eigenvalue weighted by molar-refractivity contribution is 7.92. The van der Waals surface area contributed by atoms with Gasteiger partial charge in [0.2, 0.25) is 10.0 Å². The number of hydrogen-bond acceptors (Lipinski definition) is 6. The second kappa shape index (κ2) is 4.64. The lowest BCUT2D eigenvalue weighted by Crippen LogP contribution is -2.37. The van der Waals surface area contributed by atoms with Crippen molar-refractivity contribution in [3.05, 3.63) is 23.6 Å². The van der Waals surface area contributed by atoms with E-state index in [2.05, 4.69) is 4.98 Å². The van der Waals surface area contributed by atoms with Crippen LogP contribution in [0.15, 0.2) is 23.6 Å². The summed E-state index contributed by atoms with van der Waals surface area (Å²) in [5.41, 5.74) is 7.72. The van der Waals surface area contributed by atoms with Gasteiger partial charge in [-0.15, -0.1) is 11.3 Å². The first-order valence-corrected chi connectivity index (χ1v) is 8.64. The number of benzene rings is 1. The van der Waals surface area contributed by atoms with Gasteiger partial charge in [-0.2, -0.15) is 0 Å². The molecule has 20 heavy (non-hydrogen) atoms. The average molecular weight is 311 g/mol. The number of thiazole rings is 1. The Hall–Kier alpha value is -1.80. The van der Waals surface area contributed by atoms with E-state index in [1.807, 2.05) is 11.4 Å². The third-order valence-electron chi connectivity index (χ3n) is 3.00. The highest BCUT2D eigenvalue weighted by Crippen LogP contribution is 2.37. The third-order valence-corrected chi connectivity index (χ3v) is 4.85. The largest absolute Gasteiger partial charge is 0.489 e. The number of nitrogens with two attached hydrogens (primary N) is 1. The smallest absolute Gasteiger partial charge is 0.232 e. The lowest BCUT2D eigenvalue weighted by atomic mass is 10.1. The van der Waals surface area contributed by atoms with Crippen molar-refractivity contribution in [3.63, 3.8) is 0 Å². The predicted molar refractivity (Wildman–Crippen MR) is 79.6 cm³/mol. The van der Waals surface area contributed by atoms with Crippen molar-refractivity contribution in [1.29, 1.82) is 0 Å². The van der Waals surface area contributed by atoms with E-state index >= 15 is 0 Å². The molecular weight excluding hydrogens is 298 g/mol. The molecule has 0 radical (unpaired) electrons. The van der Waals surface area contributed by atoms with E-state index in [1.54, 1.807) is 12.1 Å². The summed E-state index contributed by atoms with van der Waals surface area (Å²) in [4.78, 5) is 4.20. The Kier molecular flexibility index (Phi) is 3.06. The SMILES string of the molecule is CS(=O)(=O)N1CCOc2ccc(-c3csc(N)n3)cc21. The van der Waals surface area contributed by atoms with Gasteiger partial charge in [-0.3, -0.25) is 4.31 Å². The van der Waals surface area contributed by atoms with Crippen LogP contribution >= 0.6 is 11.3 Å².